The summed E-state index contributed by atoms with van der Waals surface area (Å²) in [6.07, 6.45) is -5.09. The van der Waals surface area contributed by atoms with Crippen LogP contribution < -0.4 is 10.6 Å². The van der Waals surface area contributed by atoms with E-state index in [1.165, 1.54) is 0 Å². The van der Waals surface area contributed by atoms with Gasteiger partial charge >= 0.3 is 12.4 Å². The SMILES string of the molecule is CCC1CN2CCC1C[C@H]2[C@@H](NC(=S)Nc1cc(C(F)(F)F)cc(C(F)(F)F)c1)c1ccnc2ccccc12. The number of hydrogen-bond donors (Lipinski definition) is 2. The minimum absolute atomic E-state index is 0.0457. The van der Waals surface area contributed by atoms with Crippen LogP contribution in [0.2, 0.25) is 0 Å². The number of anilines is 1. The second kappa shape index (κ2) is 10.6. The van der Waals surface area contributed by atoms with Crippen molar-refractivity contribution >= 4 is 33.9 Å². The number of para-hydroxylation sites is 1. The largest absolute Gasteiger partial charge is 0.416 e. The van der Waals surface area contributed by atoms with E-state index in [0.717, 1.165) is 48.8 Å². The van der Waals surface area contributed by atoms with E-state index in [1.54, 1.807) is 6.20 Å². The number of benzene rings is 2. The molecule has 3 saturated heterocycles. The zero-order chi connectivity index (χ0) is 27.9. The monoisotopic (exact) mass is 566 g/mol. The van der Waals surface area contributed by atoms with Crippen LogP contribution in [0.5, 0.6) is 0 Å². The van der Waals surface area contributed by atoms with Crippen LogP contribution in [0, 0.1) is 11.8 Å². The highest BCUT2D eigenvalue weighted by Gasteiger charge is 2.43. The Kier molecular flexibility index (Phi) is 7.49. The molecule has 2 bridgehead atoms. The Bertz CT molecular complexity index is 1320. The second-order valence-electron chi connectivity index (χ2n) is 10.3. The van der Waals surface area contributed by atoms with Gasteiger partial charge < -0.3 is 10.6 Å². The first kappa shape index (κ1) is 27.6. The van der Waals surface area contributed by atoms with Gasteiger partial charge in [-0.1, -0.05) is 31.5 Å². The van der Waals surface area contributed by atoms with E-state index in [-0.39, 0.29) is 28.9 Å². The van der Waals surface area contributed by atoms with Crippen molar-refractivity contribution in [1.29, 1.82) is 0 Å². The molecular formula is C28H28F6N4S. The molecule has 0 spiro atoms. The normalized spacial score (nSPS) is 24.0. The predicted molar refractivity (Wildman–Crippen MR) is 142 cm³/mol. The molecule has 3 unspecified atom stereocenters. The van der Waals surface area contributed by atoms with Gasteiger partial charge in [0.1, 0.15) is 0 Å². The molecule has 208 valence electrons. The van der Waals surface area contributed by atoms with Gasteiger partial charge in [-0.05, 0) is 79.3 Å². The molecule has 2 N–H and O–H groups in total. The number of rotatable bonds is 5. The van der Waals surface area contributed by atoms with Crippen LogP contribution in [0.4, 0.5) is 32.0 Å². The Morgan fingerprint density at radius 2 is 1.74 bits per heavy atom. The Labute approximate surface area is 227 Å². The van der Waals surface area contributed by atoms with Crippen molar-refractivity contribution < 1.29 is 26.3 Å². The van der Waals surface area contributed by atoms with Gasteiger partial charge in [0.25, 0.3) is 0 Å². The van der Waals surface area contributed by atoms with Crippen molar-refractivity contribution in [3.8, 4) is 0 Å². The Hall–Kier alpha value is -2.92. The van der Waals surface area contributed by atoms with Crippen molar-refractivity contribution in [3.63, 3.8) is 0 Å². The summed E-state index contributed by atoms with van der Waals surface area (Å²) in [5.41, 5.74) is -1.48. The Morgan fingerprint density at radius 3 is 2.36 bits per heavy atom. The summed E-state index contributed by atoms with van der Waals surface area (Å²) < 4.78 is 80.3. The van der Waals surface area contributed by atoms with E-state index in [4.69, 9.17) is 12.2 Å². The zero-order valence-electron chi connectivity index (χ0n) is 21.1. The van der Waals surface area contributed by atoms with Gasteiger partial charge in [-0.25, -0.2) is 0 Å². The van der Waals surface area contributed by atoms with Crippen LogP contribution in [-0.4, -0.2) is 34.1 Å². The number of alkyl halides is 6. The summed E-state index contributed by atoms with van der Waals surface area (Å²) in [5.74, 6) is 1.14. The lowest BCUT2D eigenvalue weighted by atomic mass is 9.72. The molecule has 3 aliphatic heterocycles. The number of pyridine rings is 1. The van der Waals surface area contributed by atoms with Gasteiger partial charge in [0.2, 0.25) is 0 Å². The van der Waals surface area contributed by atoms with Crippen LogP contribution in [0.25, 0.3) is 10.9 Å². The van der Waals surface area contributed by atoms with Crippen LogP contribution in [-0.2, 0) is 12.4 Å². The van der Waals surface area contributed by atoms with E-state index in [9.17, 15) is 26.3 Å². The zero-order valence-corrected chi connectivity index (χ0v) is 21.9. The third kappa shape index (κ3) is 5.84. The van der Waals surface area contributed by atoms with Crippen LogP contribution in [0.1, 0.15) is 48.9 Å². The first-order valence-electron chi connectivity index (χ1n) is 12.9. The minimum atomic E-state index is -4.95. The highest BCUT2D eigenvalue weighted by molar-refractivity contribution is 7.80. The quantitative estimate of drug-likeness (QED) is 0.249. The van der Waals surface area contributed by atoms with Crippen molar-refractivity contribution in [3.05, 3.63) is 71.4 Å². The summed E-state index contributed by atoms with van der Waals surface area (Å²) in [4.78, 5) is 6.88. The molecule has 0 amide bonds. The number of thiocarbonyl (C=S) groups is 1. The van der Waals surface area contributed by atoms with Crippen LogP contribution >= 0.6 is 12.2 Å². The molecule has 11 heteroatoms. The van der Waals surface area contributed by atoms with Gasteiger partial charge in [-0.15, -0.1) is 0 Å². The maximum Gasteiger partial charge on any atom is 0.416 e. The molecule has 6 rings (SSSR count). The van der Waals surface area contributed by atoms with Crippen LogP contribution in [0.3, 0.4) is 0 Å². The number of piperidine rings is 3. The smallest absolute Gasteiger partial charge is 0.354 e. The molecule has 4 heterocycles. The van der Waals surface area contributed by atoms with Gasteiger partial charge in [0.15, 0.2) is 5.11 Å². The van der Waals surface area contributed by atoms with E-state index in [0.29, 0.717) is 24.0 Å². The number of fused-ring (bicyclic) bond motifs is 4. The number of aromatic nitrogens is 1. The molecule has 3 aromatic rings. The molecule has 2 aromatic carbocycles. The molecule has 39 heavy (non-hydrogen) atoms. The summed E-state index contributed by atoms with van der Waals surface area (Å²) in [6, 6.07) is 10.6. The molecule has 1 aromatic heterocycles. The van der Waals surface area contributed by atoms with E-state index >= 15 is 0 Å². The molecule has 3 fully saturated rings. The van der Waals surface area contributed by atoms with Gasteiger partial charge in [0.05, 0.1) is 22.7 Å². The predicted octanol–water partition coefficient (Wildman–Crippen LogP) is 7.42. The molecule has 5 atom stereocenters. The minimum Gasteiger partial charge on any atom is -0.354 e. The second-order valence-corrected chi connectivity index (χ2v) is 10.7. The summed E-state index contributed by atoms with van der Waals surface area (Å²) in [7, 11) is 0. The number of halogens is 6. The lowest BCUT2D eigenvalue weighted by molar-refractivity contribution is -0.143. The maximum absolute atomic E-state index is 13.4. The molecule has 4 nitrogen and oxygen atoms in total. The first-order valence-corrected chi connectivity index (χ1v) is 13.3. The summed E-state index contributed by atoms with van der Waals surface area (Å²) in [6.45, 7) is 4.06. The fourth-order valence-electron chi connectivity index (χ4n) is 6.09. The van der Waals surface area contributed by atoms with E-state index in [2.05, 4.69) is 27.4 Å². The highest BCUT2D eigenvalue weighted by Crippen LogP contribution is 2.43. The van der Waals surface area contributed by atoms with Gasteiger partial charge in [-0.2, -0.15) is 26.3 Å². The van der Waals surface area contributed by atoms with Gasteiger partial charge in [0, 0.05) is 29.9 Å². The number of nitrogens with one attached hydrogen (secondary N) is 2. The van der Waals surface area contributed by atoms with Crippen LogP contribution in [0.15, 0.2) is 54.7 Å². The topological polar surface area (TPSA) is 40.2 Å². The average molecular weight is 567 g/mol. The first-order chi connectivity index (χ1) is 18.4. The Balaban J connectivity index is 1.48. The fourth-order valence-corrected chi connectivity index (χ4v) is 6.34. The molecule has 3 aliphatic rings. The van der Waals surface area contributed by atoms with E-state index in [1.807, 2.05) is 30.3 Å². The van der Waals surface area contributed by atoms with Crippen molar-refractivity contribution in [1.82, 2.24) is 15.2 Å². The standard InChI is InChI=1S/C28H28F6N4S/c1-2-16-15-38-10-8-17(16)11-24(38)25(22-7-9-35-23-6-4-3-5-21(22)23)37-26(39)36-20-13-18(27(29,30)31)12-19(14-20)28(32,33)34/h3-7,9,12-14,16-17,24-25H,2,8,10-11,15H2,1H3,(H2,36,37,39)/t16?,17?,24-,25-/m0/s1. The van der Waals surface area contributed by atoms with Crippen molar-refractivity contribution in [2.75, 3.05) is 18.4 Å². The molecule has 0 aliphatic carbocycles. The summed E-state index contributed by atoms with van der Waals surface area (Å²) >= 11 is 5.49. The molecule has 0 saturated carbocycles. The number of hydrogen-bond acceptors (Lipinski definition) is 3. The van der Waals surface area contributed by atoms with Crippen molar-refractivity contribution in [2.45, 2.75) is 50.6 Å². The number of nitrogens with zero attached hydrogens (tertiary/aromatic N) is 2. The lowest BCUT2D eigenvalue weighted by Crippen LogP contribution is -2.58. The third-order valence-corrected chi connectivity index (χ3v) is 8.22. The van der Waals surface area contributed by atoms with E-state index < -0.39 is 23.5 Å². The fraction of sp³-hybridized carbons (Fsp3) is 0.429. The third-order valence-electron chi connectivity index (χ3n) is 8.00. The summed E-state index contributed by atoms with van der Waals surface area (Å²) in [5, 5.41) is 6.73. The van der Waals surface area contributed by atoms with Gasteiger partial charge in [-0.3, -0.25) is 9.88 Å². The Morgan fingerprint density at radius 1 is 1.05 bits per heavy atom. The maximum atomic E-state index is 13.4. The average Bonchev–Trinajstić information content (AvgIpc) is 2.90. The lowest BCUT2D eigenvalue weighted by Gasteiger charge is -2.52. The molecular weight excluding hydrogens is 538 g/mol. The van der Waals surface area contributed by atoms with Crippen molar-refractivity contribution in [2.24, 2.45) is 11.8 Å². The molecule has 0 radical (unpaired) electrons. The highest BCUT2D eigenvalue weighted by atomic mass is 32.1.